The molecule has 0 aliphatic carbocycles. The van der Waals surface area contributed by atoms with Crippen LogP contribution in [-0.2, 0) is 0 Å². The highest BCUT2D eigenvalue weighted by Crippen LogP contribution is 2.22. The molecule has 6 heteroatoms. The van der Waals surface area contributed by atoms with Gasteiger partial charge in [0.2, 0.25) is 5.82 Å². The number of anilines is 2. The number of nitro groups is 1. The van der Waals surface area contributed by atoms with Gasteiger partial charge in [0, 0.05) is 12.6 Å². The minimum absolute atomic E-state index is 0.0382. The van der Waals surface area contributed by atoms with E-state index in [4.69, 9.17) is 5.73 Å². The van der Waals surface area contributed by atoms with Crippen molar-refractivity contribution in [2.75, 3.05) is 17.6 Å². The van der Waals surface area contributed by atoms with Gasteiger partial charge in [0.1, 0.15) is 5.82 Å². The van der Waals surface area contributed by atoms with Crippen molar-refractivity contribution in [1.29, 1.82) is 0 Å². The van der Waals surface area contributed by atoms with E-state index >= 15 is 0 Å². The summed E-state index contributed by atoms with van der Waals surface area (Å²) >= 11 is 0. The van der Waals surface area contributed by atoms with Crippen molar-refractivity contribution in [3.63, 3.8) is 0 Å². The number of pyridine rings is 1. The molecular formula is C11H18N4O2. The zero-order chi connectivity index (χ0) is 12.8. The quantitative estimate of drug-likeness (QED) is 0.451. The van der Waals surface area contributed by atoms with Crippen LogP contribution in [0.5, 0.6) is 0 Å². The number of hydrogen-bond acceptors (Lipinski definition) is 5. The zero-order valence-electron chi connectivity index (χ0n) is 10.1. The second-order valence-electron chi connectivity index (χ2n) is 4.32. The molecule has 0 aliphatic rings. The fraction of sp³-hybridized carbons (Fsp3) is 0.545. The molecule has 1 rings (SSSR count). The van der Waals surface area contributed by atoms with Crippen LogP contribution in [0.25, 0.3) is 0 Å². The Morgan fingerprint density at radius 3 is 2.82 bits per heavy atom. The number of rotatable bonds is 6. The van der Waals surface area contributed by atoms with Gasteiger partial charge in [-0.2, -0.15) is 0 Å². The predicted molar refractivity (Wildman–Crippen MR) is 67.9 cm³/mol. The maximum absolute atomic E-state index is 10.8. The van der Waals surface area contributed by atoms with Crippen molar-refractivity contribution < 1.29 is 4.92 Å². The Morgan fingerprint density at radius 1 is 1.53 bits per heavy atom. The average molecular weight is 238 g/mol. The van der Waals surface area contributed by atoms with E-state index in [1.807, 2.05) is 0 Å². The largest absolute Gasteiger partial charge is 0.384 e. The molecule has 17 heavy (non-hydrogen) atoms. The van der Waals surface area contributed by atoms with Gasteiger partial charge in [0.05, 0.1) is 4.92 Å². The Labute approximate surface area is 100 Å². The normalized spacial score (nSPS) is 10.5. The van der Waals surface area contributed by atoms with Gasteiger partial charge in [-0.3, -0.25) is 10.1 Å². The molecule has 0 aromatic carbocycles. The lowest BCUT2D eigenvalue weighted by Gasteiger charge is -2.08. The monoisotopic (exact) mass is 238 g/mol. The van der Waals surface area contributed by atoms with E-state index in [0.717, 1.165) is 12.8 Å². The molecule has 0 radical (unpaired) electrons. The zero-order valence-corrected chi connectivity index (χ0v) is 10.1. The van der Waals surface area contributed by atoms with Gasteiger partial charge in [0.25, 0.3) is 0 Å². The topological polar surface area (TPSA) is 94.1 Å². The summed E-state index contributed by atoms with van der Waals surface area (Å²) in [5, 5.41) is 13.7. The summed E-state index contributed by atoms with van der Waals surface area (Å²) in [6.07, 6.45) is 2.02. The smallest absolute Gasteiger partial charge is 0.311 e. The van der Waals surface area contributed by atoms with E-state index in [0.29, 0.717) is 12.5 Å². The summed E-state index contributed by atoms with van der Waals surface area (Å²) in [5.74, 6) is 1.15. The van der Waals surface area contributed by atoms with Crippen LogP contribution in [-0.4, -0.2) is 16.5 Å². The fourth-order valence-electron chi connectivity index (χ4n) is 1.46. The summed E-state index contributed by atoms with van der Waals surface area (Å²) in [6, 6.07) is 2.80. The first kappa shape index (κ1) is 13.2. The van der Waals surface area contributed by atoms with Gasteiger partial charge >= 0.3 is 5.69 Å². The van der Waals surface area contributed by atoms with Crippen LogP contribution in [0.4, 0.5) is 17.3 Å². The van der Waals surface area contributed by atoms with Crippen LogP contribution >= 0.6 is 0 Å². The first-order valence-corrected chi connectivity index (χ1v) is 5.65. The van der Waals surface area contributed by atoms with E-state index in [1.165, 1.54) is 12.1 Å². The van der Waals surface area contributed by atoms with Crippen molar-refractivity contribution in [2.24, 2.45) is 5.92 Å². The van der Waals surface area contributed by atoms with Gasteiger partial charge < -0.3 is 11.1 Å². The highest BCUT2D eigenvalue weighted by atomic mass is 16.6. The molecule has 0 spiro atoms. The number of hydrogen-bond donors (Lipinski definition) is 2. The minimum Gasteiger partial charge on any atom is -0.384 e. The Hall–Kier alpha value is -1.85. The molecule has 1 heterocycles. The van der Waals surface area contributed by atoms with E-state index in [9.17, 15) is 10.1 Å². The van der Waals surface area contributed by atoms with Crippen LogP contribution in [0.15, 0.2) is 12.1 Å². The lowest BCUT2D eigenvalue weighted by Crippen LogP contribution is -2.08. The van der Waals surface area contributed by atoms with Crippen molar-refractivity contribution in [2.45, 2.75) is 26.7 Å². The third-order valence-electron chi connectivity index (χ3n) is 2.34. The molecule has 0 bridgehead atoms. The minimum atomic E-state index is -0.461. The Bertz CT molecular complexity index is 393. The first-order valence-electron chi connectivity index (χ1n) is 5.65. The molecule has 0 saturated heterocycles. The Kier molecular flexibility index (Phi) is 4.68. The fourth-order valence-corrected chi connectivity index (χ4v) is 1.46. The number of aromatic nitrogens is 1. The molecule has 3 N–H and O–H groups in total. The molecule has 1 aromatic heterocycles. The van der Waals surface area contributed by atoms with Gasteiger partial charge in [-0.05, 0) is 24.8 Å². The highest BCUT2D eigenvalue weighted by Gasteiger charge is 2.14. The average Bonchev–Trinajstić information content (AvgIpc) is 2.23. The summed E-state index contributed by atoms with van der Waals surface area (Å²) in [6.45, 7) is 4.94. The van der Waals surface area contributed by atoms with Gasteiger partial charge in [-0.15, -0.1) is 0 Å². The third-order valence-corrected chi connectivity index (χ3v) is 2.34. The van der Waals surface area contributed by atoms with Gasteiger partial charge in [-0.25, -0.2) is 4.98 Å². The molecule has 94 valence electrons. The van der Waals surface area contributed by atoms with Crippen LogP contribution in [0.3, 0.4) is 0 Å². The Morgan fingerprint density at radius 2 is 2.24 bits per heavy atom. The maximum atomic E-state index is 10.8. The number of nitrogens with two attached hydrogens (primary N) is 1. The highest BCUT2D eigenvalue weighted by molar-refractivity contribution is 5.59. The molecule has 0 amide bonds. The standard InChI is InChI=1S/C11H18N4O2/c1-8(2)4-3-7-13-11-9(15(16)17)5-6-10(12)14-11/h5-6,8H,3-4,7H2,1-2H3,(H3,12,13,14). The Balaban J connectivity index is 2.62. The van der Waals surface area contributed by atoms with E-state index in [-0.39, 0.29) is 17.3 Å². The van der Waals surface area contributed by atoms with Crippen molar-refractivity contribution in [1.82, 2.24) is 4.98 Å². The van der Waals surface area contributed by atoms with Crippen LogP contribution < -0.4 is 11.1 Å². The number of nitrogens with zero attached hydrogens (tertiary/aromatic N) is 2. The second kappa shape index (κ2) is 6.03. The van der Waals surface area contributed by atoms with Crippen molar-refractivity contribution in [3.05, 3.63) is 22.2 Å². The lowest BCUT2D eigenvalue weighted by atomic mass is 10.1. The molecule has 6 nitrogen and oxygen atoms in total. The molecule has 0 unspecified atom stereocenters. The molecule has 0 fully saturated rings. The third kappa shape index (κ3) is 4.26. The molecule has 0 saturated carbocycles. The summed E-state index contributed by atoms with van der Waals surface area (Å²) in [7, 11) is 0. The molecular weight excluding hydrogens is 220 g/mol. The number of nitrogens with one attached hydrogen (secondary N) is 1. The van der Waals surface area contributed by atoms with E-state index < -0.39 is 4.92 Å². The summed E-state index contributed by atoms with van der Waals surface area (Å²) in [4.78, 5) is 14.2. The summed E-state index contributed by atoms with van der Waals surface area (Å²) in [5.41, 5.74) is 5.47. The van der Waals surface area contributed by atoms with Crippen LogP contribution in [0, 0.1) is 16.0 Å². The second-order valence-corrected chi connectivity index (χ2v) is 4.32. The lowest BCUT2D eigenvalue weighted by molar-refractivity contribution is -0.384. The van der Waals surface area contributed by atoms with Gasteiger partial charge in [0.15, 0.2) is 0 Å². The summed E-state index contributed by atoms with van der Waals surface area (Å²) < 4.78 is 0. The first-order chi connectivity index (χ1) is 8.00. The predicted octanol–water partition coefficient (Wildman–Crippen LogP) is 2.42. The molecule has 0 atom stereocenters. The van der Waals surface area contributed by atoms with Crippen LogP contribution in [0.1, 0.15) is 26.7 Å². The van der Waals surface area contributed by atoms with E-state index in [2.05, 4.69) is 24.1 Å². The molecule has 1 aromatic rings. The van der Waals surface area contributed by atoms with Gasteiger partial charge in [-0.1, -0.05) is 13.8 Å². The van der Waals surface area contributed by atoms with E-state index in [1.54, 1.807) is 0 Å². The number of nitrogen functional groups attached to an aromatic ring is 1. The van der Waals surface area contributed by atoms with Crippen molar-refractivity contribution in [3.8, 4) is 0 Å². The maximum Gasteiger partial charge on any atom is 0.311 e. The molecule has 0 aliphatic heterocycles. The van der Waals surface area contributed by atoms with Crippen LogP contribution in [0.2, 0.25) is 0 Å². The van der Waals surface area contributed by atoms with Crippen molar-refractivity contribution >= 4 is 17.3 Å². The SMILES string of the molecule is CC(C)CCCNc1nc(N)ccc1[N+](=O)[O-].